The standard InChI is InChI=1S/C17H23N3O6S/c1-12-5-7-13(8-6-12)27(24,25)20-9-3-2-4-14(20)17(23)26-11-16(22)19-10-15(18)21/h5-8,14H,2-4,9-11H2,1H3,(H2,18,21)(H,19,22)/t14-/m0/s1. The minimum absolute atomic E-state index is 0.104. The van der Waals surface area contributed by atoms with Crippen molar-refractivity contribution in [3.05, 3.63) is 29.8 Å². The largest absolute Gasteiger partial charge is 0.454 e. The second-order valence-electron chi connectivity index (χ2n) is 6.29. The van der Waals surface area contributed by atoms with Crippen LogP contribution in [-0.4, -0.2) is 56.2 Å². The number of amides is 2. The highest BCUT2D eigenvalue weighted by atomic mass is 32.2. The van der Waals surface area contributed by atoms with E-state index in [0.29, 0.717) is 19.3 Å². The summed E-state index contributed by atoms with van der Waals surface area (Å²) in [6.45, 7) is 1.07. The Hall–Kier alpha value is -2.46. The summed E-state index contributed by atoms with van der Waals surface area (Å²) in [5.74, 6) is -2.21. The summed E-state index contributed by atoms with van der Waals surface area (Å²) in [6, 6.07) is 5.38. The van der Waals surface area contributed by atoms with E-state index in [1.807, 2.05) is 6.92 Å². The topological polar surface area (TPSA) is 136 Å². The van der Waals surface area contributed by atoms with E-state index in [0.717, 1.165) is 9.87 Å². The Balaban J connectivity index is 2.07. The van der Waals surface area contributed by atoms with Crippen molar-refractivity contribution in [2.75, 3.05) is 19.7 Å². The maximum atomic E-state index is 12.9. The number of carbonyl (C=O) groups excluding carboxylic acids is 3. The molecule has 0 radical (unpaired) electrons. The molecule has 1 aromatic carbocycles. The Morgan fingerprint density at radius 3 is 2.52 bits per heavy atom. The van der Waals surface area contributed by atoms with Gasteiger partial charge in [0, 0.05) is 6.54 Å². The first-order chi connectivity index (χ1) is 12.7. The van der Waals surface area contributed by atoms with E-state index in [2.05, 4.69) is 5.32 Å². The lowest BCUT2D eigenvalue weighted by atomic mass is 10.1. The van der Waals surface area contributed by atoms with Crippen LogP contribution < -0.4 is 11.1 Å². The number of hydrogen-bond acceptors (Lipinski definition) is 6. The smallest absolute Gasteiger partial charge is 0.324 e. The van der Waals surface area contributed by atoms with E-state index in [4.69, 9.17) is 10.5 Å². The van der Waals surface area contributed by atoms with Gasteiger partial charge in [0.15, 0.2) is 6.61 Å². The van der Waals surface area contributed by atoms with Crippen molar-refractivity contribution >= 4 is 27.8 Å². The Morgan fingerprint density at radius 1 is 1.22 bits per heavy atom. The second-order valence-corrected chi connectivity index (χ2v) is 8.18. The molecule has 0 unspecified atom stereocenters. The summed E-state index contributed by atoms with van der Waals surface area (Å²) in [7, 11) is -3.86. The van der Waals surface area contributed by atoms with Crippen LogP contribution >= 0.6 is 0 Å². The Kier molecular flexibility index (Phi) is 6.92. The molecule has 1 atom stereocenters. The third-order valence-corrected chi connectivity index (χ3v) is 6.08. The Morgan fingerprint density at radius 2 is 1.89 bits per heavy atom. The van der Waals surface area contributed by atoms with Gasteiger partial charge >= 0.3 is 5.97 Å². The second kappa shape index (κ2) is 8.96. The minimum atomic E-state index is -3.86. The molecule has 0 aliphatic carbocycles. The molecule has 0 saturated carbocycles. The van der Waals surface area contributed by atoms with E-state index in [9.17, 15) is 22.8 Å². The van der Waals surface area contributed by atoms with Gasteiger partial charge in [0.2, 0.25) is 15.9 Å². The predicted octanol–water partition coefficient (Wildman–Crippen LogP) is -0.317. The SMILES string of the molecule is Cc1ccc(S(=O)(=O)N2CCCC[C@H]2C(=O)OCC(=O)NCC(N)=O)cc1. The first-order valence-electron chi connectivity index (χ1n) is 8.52. The number of piperidine rings is 1. The van der Waals surface area contributed by atoms with Crippen LogP contribution in [0, 0.1) is 6.92 Å². The van der Waals surface area contributed by atoms with Crippen molar-refractivity contribution in [2.24, 2.45) is 5.73 Å². The van der Waals surface area contributed by atoms with Gasteiger partial charge in [-0.25, -0.2) is 8.42 Å². The van der Waals surface area contributed by atoms with Gasteiger partial charge in [-0.2, -0.15) is 4.31 Å². The summed E-state index contributed by atoms with van der Waals surface area (Å²) in [5, 5.41) is 2.19. The maximum absolute atomic E-state index is 12.9. The van der Waals surface area contributed by atoms with E-state index < -0.39 is 40.5 Å². The number of ether oxygens (including phenoxy) is 1. The molecule has 2 rings (SSSR count). The number of sulfonamides is 1. The fourth-order valence-corrected chi connectivity index (χ4v) is 4.39. The maximum Gasteiger partial charge on any atom is 0.324 e. The van der Waals surface area contributed by atoms with Gasteiger partial charge < -0.3 is 15.8 Å². The van der Waals surface area contributed by atoms with E-state index in [-0.39, 0.29) is 18.0 Å². The van der Waals surface area contributed by atoms with Gasteiger partial charge in [0.05, 0.1) is 11.4 Å². The number of aryl methyl sites for hydroxylation is 1. The van der Waals surface area contributed by atoms with Crippen LogP contribution in [0.25, 0.3) is 0 Å². The van der Waals surface area contributed by atoms with E-state index >= 15 is 0 Å². The van der Waals surface area contributed by atoms with Gasteiger partial charge in [-0.05, 0) is 38.3 Å². The molecule has 1 fully saturated rings. The number of rotatable bonds is 7. The zero-order chi connectivity index (χ0) is 20.0. The van der Waals surface area contributed by atoms with Gasteiger partial charge in [-0.1, -0.05) is 17.7 Å². The van der Waals surface area contributed by atoms with Gasteiger partial charge in [0.1, 0.15) is 6.04 Å². The molecule has 0 spiro atoms. The van der Waals surface area contributed by atoms with E-state index in [1.165, 1.54) is 12.1 Å². The van der Waals surface area contributed by atoms with Crippen LogP contribution in [0.2, 0.25) is 0 Å². The lowest BCUT2D eigenvalue weighted by Gasteiger charge is -2.33. The molecular weight excluding hydrogens is 374 g/mol. The summed E-state index contributed by atoms with van der Waals surface area (Å²) < 4.78 is 31.9. The number of primary amides is 1. The van der Waals surface area contributed by atoms with Crippen molar-refractivity contribution in [3.8, 4) is 0 Å². The molecule has 1 aliphatic rings. The zero-order valence-corrected chi connectivity index (χ0v) is 15.8. The van der Waals surface area contributed by atoms with Gasteiger partial charge in [-0.15, -0.1) is 0 Å². The van der Waals surface area contributed by atoms with Crippen molar-refractivity contribution in [2.45, 2.75) is 37.1 Å². The Bertz CT molecular complexity index is 806. The number of nitrogens with two attached hydrogens (primary N) is 1. The predicted molar refractivity (Wildman–Crippen MR) is 95.9 cm³/mol. The Labute approximate surface area is 157 Å². The molecule has 1 heterocycles. The van der Waals surface area contributed by atoms with Gasteiger partial charge in [0.25, 0.3) is 5.91 Å². The average Bonchev–Trinajstić information content (AvgIpc) is 2.64. The molecule has 10 heteroatoms. The highest BCUT2D eigenvalue weighted by Crippen LogP contribution is 2.26. The van der Waals surface area contributed by atoms with Crippen LogP contribution in [-0.2, 0) is 29.1 Å². The summed E-state index contributed by atoms with van der Waals surface area (Å²) >= 11 is 0. The lowest BCUT2D eigenvalue weighted by Crippen LogP contribution is -2.49. The fourth-order valence-electron chi connectivity index (χ4n) is 2.74. The van der Waals surface area contributed by atoms with Crippen LogP contribution in [0.15, 0.2) is 29.2 Å². The molecule has 9 nitrogen and oxygen atoms in total. The zero-order valence-electron chi connectivity index (χ0n) is 15.0. The number of hydrogen-bond donors (Lipinski definition) is 2. The average molecular weight is 397 g/mol. The van der Waals surface area contributed by atoms with Crippen LogP contribution in [0.4, 0.5) is 0 Å². The fraction of sp³-hybridized carbons (Fsp3) is 0.471. The molecule has 1 aromatic rings. The van der Waals surface area contributed by atoms with Crippen molar-refractivity contribution in [1.29, 1.82) is 0 Å². The summed E-state index contributed by atoms with van der Waals surface area (Å²) in [4.78, 5) is 34.7. The third-order valence-electron chi connectivity index (χ3n) is 4.16. The number of nitrogens with zero attached hydrogens (tertiary/aromatic N) is 1. The monoisotopic (exact) mass is 397 g/mol. The number of benzene rings is 1. The molecule has 1 aliphatic heterocycles. The quantitative estimate of drug-likeness (QED) is 0.606. The highest BCUT2D eigenvalue weighted by molar-refractivity contribution is 7.89. The molecule has 2 amide bonds. The summed E-state index contributed by atoms with van der Waals surface area (Å²) in [6.07, 6.45) is 1.62. The third kappa shape index (κ3) is 5.51. The van der Waals surface area contributed by atoms with Crippen LogP contribution in [0.1, 0.15) is 24.8 Å². The van der Waals surface area contributed by atoms with Gasteiger partial charge in [-0.3, -0.25) is 14.4 Å². The lowest BCUT2D eigenvalue weighted by molar-refractivity contribution is -0.153. The molecule has 3 N–H and O–H groups in total. The summed E-state index contributed by atoms with van der Waals surface area (Å²) in [5.41, 5.74) is 5.83. The van der Waals surface area contributed by atoms with Crippen molar-refractivity contribution < 1.29 is 27.5 Å². The normalized spacial score (nSPS) is 17.9. The highest BCUT2D eigenvalue weighted by Gasteiger charge is 2.38. The van der Waals surface area contributed by atoms with Crippen molar-refractivity contribution in [3.63, 3.8) is 0 Å². The first kappa shape index (κ1) is 20.8. The number of carbonyl (C=O) groups is 3. The van der Waals surface area contributed by atoms with E-state index in [1.54, 1.807) is 12.1 Å². The molecule has 0 bridgehead atoms. The number of esters is 1. The molecule has 0 aromatic heterocycles. The van der Waals surface area contributed by atoms with Crippen LogP contribution in [0.3, 0.4) is 0 Å². The molecular formula is C17H23N3O6S. The number of nitrogens with one attached hydrogen (secondary N) is 1. The van der Waals surface area contributed by atoms with Crippen LogP contribution in [0.5, 0.6) is 0 Å². The minimum Gasteiger partial charge on any atom is -0.454 e. The molecule has 148 valence electrons. The first-order valence-corrected chi connectivity index (χ1v) is 9.96. The van der Waals surface area contributed by atoms with Crippen molar-refractivity contribution in [1.82, 2.24) is 9.62 Å². The molecule has 1 saturated heterocycles. The molecule has 27 heavy (non-hydrogen) atoms.